The molecule has 0 amide bonds. The number of likely N-dealkylation sites (N-methyl/N-ethyl adjacent to an activating group) is 1. The van der Waals surface area contributed by atoms with E-state index in [4.69, 9.17) is 14.0 Å². The molecule has 10 atom stereocenters. The number of hydrogen-bond donors (Lipinski definition) is 5. The SMILES string of the molecule is CC(C)(C)NCC(O)c1ccc(C[N+]2(C)CCN(CC(=O)[C@@]34O[C@H](C5CCCCC5)O[C@@H]3C[C@H]3[C@@H]5CCC6=CC(=O)C=C[C@]6(C)[C@@]5(F)[C@@H](O)C[C@@]34C)CC2)c(OP(=O)(O)O)c1. The molecule has 2 saturated heterocycles. The number of rotatable bonds is 11. The van der Waals surface area contributed by atoms with Crippen LogP contribution in [0.4, 0.5) is 4.39 Å². The van der Waals surface area contributed by atoms with E-state index in [1.54, 1.807) is 24.3 Å². The van der Waals surface area contributed by atoms with Crippen LogP contribution in [0.3, 0.4) is 0 Å². The number of halogens is 1. The lowest BCUT2D eigenvalue weighted by Gasteiger charge is -2.62. The number of nitrogens with one attached hydrogen (secondary N) is 1. The lowest BCUT2D eigenvalue weighted by atomic mass is 9.44. The number of phosphoric acid groups is 1. The molecule has 7 aliphatic rings. The lowest BCUT2D eigenvalue weighted by molar-refractivity contribution is -0.926. The number of carbonyl (C=O) groups excluding carboxylic acids is 2. The summed E-state index contributed by atoms with van der Waals surface area (Å²) in [5, 5.41) is 26.3. The molecule has 8 rings (SSSR count). The summed E-state index contributed by atoms with van der Waals surface area (Å²) < 4.78 is 49.9. The van der Waals surface area contributed by atoms with Crippen LogP contribution in [0, 0.1) is 28.6 Å². The third-order valence-electron chi connectivity index (χ3n) is 16.2. The van der Waals surface area contributed by atoms with Crippen LogP contribution in [0.25, 0.3) is 0 Å². The van der Waals surface area contributed by atoms with Crippen molar-refractivity contribution in [3.8, 4) is 5.75 Å². The van der Waals surface area contributed by atoms with Gasteiger partial charge in [-0.2, -0.15) is 0 Å². The Kier molecular flexibility index (Phi) is 11.8. The van der Waals surface area contributed by atoms with E-state index < -0.39 is 60.4 Å². The van der Waals surface area contributed by atoms with E-state index in [1.807, 2.05) is 34.6 Å². The summed E-state index contributed by atoms with van der Waals surface area (Å²) in [5.41, 5.74) is -3.88. The maximum Gasteiger partial charge on any atom is 0.524 e. The van der Waals surface area contributed by atoms with Gasteiger partial charge < -0.3 is 34.0 Å². The first-order chi connectivity index (χ1) is 28.5. The van der Waals surface area contributed by atoms with E-state index in [1.165, 1.54) is 12.1 Å². The number of aliphatic hydroxyl groups is 2. The molecular formula is C46H68FN3O10P+. The molecule has 6 fully saturated rings. The van der Waals surface area contributed by atoms with Crippen molar-refractivity contribution in [2.24, 2.45) is 28.6 Å². The van der Waals surface area contributed by atoms with Gasteiger partial charge in [-0.25, -0.2) is 8.96 Å². The number of benzene rings is 1. The molecule has 5 N–H and O–H groups in total. The Morgan fingerprint density at radius 1 is 1.11 bits per heavy atom. The largest absolute Gasteiger partial charge is 0.524 e. The van der Waals surface area contributed by atoms with E-state index in [0.717, 1.165) is 37.7 Å². The molecule has 2 aliphatic heterocycles. The minimum Gasteiger partial charge on any atom is -0.404 e. The molecule has 0 radical (unpaired) electrons. The molecule has 0 spiro atoms. The van der Waals surface area contributed by atoms with E-state index >= 15 is 9.18 Å². The number of piperazine rings is 1. The van der Waals surface area contributed by atoms with Crippen molar-refractivity contribution in [3.05, 3.63) is 53.1 Å². The highest BCUT2D eigenvalue weighted by Gasteiger charge is 2.79. The lowest BCUT2D eigenvalue weighted by Crippen LogP contribution is -2.70. The van der Waals surface area contributed by atoms with Gasteiger partial charge in [-0.1, -0.05) is 43.9 Å². The van der Waals surface area contributed by atoms with Crippen LogP contribution in [0.1, 0.15) is 110 Å². The number of carbonyl (C=O) groups is 2. The molecule has 2 heterocycles. The van der Waals surface area contributed by atoms with Crippen molar-refractivity contribution in [2.75, 3.05) is 46.3 Å². The molecule has 0 aromatic heterocycles. The van der Waals surface area contributed by atoms with Gasteiger partial charge in [0.15, 0.2) is 29.1 Å². The smallest absolute Gasteiger partial charge is 0.404 e. The van der Waals surface area contributed by atoms with Crippen molar-refractivity contribution in [2.45, 2.75) is 140 Å². The van der Waals surface area contributed by atoms with Crippen LogP contribution in [-0.4, -0.2) is 123 Å². The maximum absolute atomic E-state index is 18.1. The monoisotopic (exact) mass is 872 g/mol. The number of phosphoric ester groups is 1. The first kappa shape index (κ1) is 45.2. The van der Waals surface area contributed by atoms with Crippen LogP contribution in [0.2, 0.25) is 0 Å². The molecule has 1 unspecified atom stereocenters. The summed E-state index contributed by atoms with van der Waals surface area (Å²) in [4.78, 5) is 49.5. The van der Waals surface area contributed by atoms with Crippen molar-refractivity contribution >= 4 is 19.4 Å². The normalized spacial score (nSPS) is 38.2. The second kappa shape index (κ2) is 16.0. The fraction of sp³-hybridized carbons (Fsp3) is 0.739. The first-order valence-corrected chi connectivity index (χ1v) is 24.1. The van der Waals surface area contributed by atoms with E-state index in [2.05, 4.69) is 17.3 Å². The van der Waals surface area contributed by atoms with Gasteiger partial charge in [-0.3, -0.25) is 24.3 Å². The molecule has 15 heteroatoms. The number of nitrogens with zero attached hydrogens (tertiary/aromatic N) is 2. The fourth-order valence-electron chi connectivity index (χ4n) is 12.8. The molecule has 1 aromatic rings. The van der Waals surface area contributed by atoms with Crippen molar-refractivity contribution < 1.29 is 57.0 Å². The van der Waals surface area contributed by atoms with Crippen LogP contribution < -0.4 is 9.84 Å². The van der Waals surface area contributed by atoms with Gasteiger partial charge in [0.1, 0.15) is 12.3 Å². The molecule has 5 aliphatic carbocycles. The highest BCUT2D eigenvalue weighted by molar-refractivity contribution is 7.46. The number of alkyl halides is 1. The molecule has 338 valence electrons. The summed E-state index contributed by atoms with van der Waals surface area (Å²) >= 11 is 0. The molecular weight excluding hydrogens is 804 g/mol. The standard InChI is InChI=1S/C46H67FN3O10P/c1-42(2,3)48-26-36(52)30-12-13-31(37(22-30)60-61(55,56)57)28-50(6)20-18-49(19-21-50)27-39(54)46-40(58-41(59-46)29-10-8-7-9-11-29)24-35-34-15-14-32-23-33(51)16-17-43(32,4)45(34,47)38(53)25-44(35,46)5/h12-13,16-17,22-23,29,34-36,38,40-41,48,52-53H,7-11,14-15,18-21,24-28H2,1-6H3,(H-,55,56,57)/p+1/t34-,35-,36?,38-,40+,41+,43-,44-,45-,46+/m0/s1. The minimum atomic E-state index is -4.91. The summed E-state index contributed by atoms with van der Waals surface area (Å²) in [5.74, 6) is -0.923. The summed E-state index contributed by atoms with van der Waals surface area (Å²) in [6.45, 7) is 13.0. The first-order valence-electron chi connectivity index (χ1n) is 22.6. The Hall–Kier alpha value is -2.36. The number of hydrogen-bond acceptors (Lipinski definition) is 10. The Balaban J connectivity index is 1.01. The quantitative estimate of drug-likeness (QED) is 0.141. The third kappa shape index (κ3) is 7.97. The molecule has 61 heavy (non-hydrogen) atoms. The zero-order chi connectivity index (χ0) is 44.0. The predicted octanol–water partition coefficient (Wildman–Crippen LogP) is 5.45. The van der Waals surface area contributed by atoms with Crippen molar-refractivity contribution in [3.63, 3.8) is 0 Å². The van der Waals surface area contributed by atoms with Gasteiger partial charge in [0.25, 0.3) is 0 Å². The van der Waals surface area contributed by atoms with Crippen LogP contribution in [0.15, 0.2) is 42.0 Å². The third-order valence-corrected chi connectivity index (χ3v) is 16.6. The van der Waals surface area contributed by atoms with Crippen LogP contribution in [-0.2, 0) is 30.2 Å². The maximum atomic E-state index is 18.1. The fourth-order valence-corrected chi connectivity index (χ4v) is 13.2. The average molecular weight is 873 g/mol. The number of ketones is 2. The number of ether oxygens (including phenoxy) is 2. The molecule has 0 bridgehead atoms. The predicted molar refractivity (Wildman–Crippen MR) is 226 cm³/mol. The second-order valence-electron chi connectivity index (χ2n) is 21.3. The molecule has 4 saturated carbocycles. The molecule has 13 nitrogen and oxygen atoms in total. The van der Waals surface area contributed by atoms with E-state index in [0.29, 0.717) is 67.6 Å². The van der Waals surface area contributed by atoms with Crippen molar-refractivity contribution in [1.82, 2.24) is 10.2 Å². The van der Waals surface area contributed by atoms with Gasteiger partial charge in [0, 0.05) is 53.4 Å². The second-order valence-corrected chi connectivity index (χ2v) is 22.4. The Labute approximate surface area is 359 Å². The van der Waals surface area contributed by atoms with Crippen LogP contribution in [0.5, 0.6) is 5.75 Å². The highest BCUT2D eigenvalue weighted by atomic mass is 31.2. The number of fused-ring (bicyclic) bond motifs is 7. The van der Waals surface area contributed by atoms with Gasteiger partial charge in [-0.15, -0.1) is 0 Å². The van der Waals surface area contributed by atoms with Gasteiger partial charge in [0.05, 0.1) is 45.0 Å². The van der Waals surface area contributed by atoms with Gasteiger partial charge >= 0.3 is 7.82 Å². The summed E-state index contributed by atoms with van der Waals surface area (Å²) in [7, 11) is -2.84. The van der Waals surface area contributed by atoms with E-state index in [9.17, 15) is 29.4 Å². The number of aliphatic hydroxyl groups excluding tert-OH is 2. The Morgan fingerprint density at radius 2 is 1.82 bits per heavy atom. The number of Topliss-reactive ketones (excluding diaryl/α,β-unsaturated/α-hetero) is 1. The zero-order valence-electron chi connectivity index (χ0n) is 36.8. The Morgan fingerprint density at radius 3 is 2.49 bits per heavy atom. The average Bonchev–Trinajstić information content (AvgIpc) is 3.69. The summed E-state index contributed by atoms with van der Waals surface area (Å²) in [6, 6.07) is 5.03. The Bertz CT molecular complexity index is 1990. The van der Waals surface area contributed by atoms with Gasteiger partial charge in [-0.05, 0) is 102 Å². The number of quaternary nitrogens is 1. The zero-order valence-corrected chi connectivity index (χ0v) is 37.7. The highest BCUT2D eigenvalue weighted by Crippen LogP contribution is 2.72. The minimum absolute atomic E-state index is 0.0249. The van der Waals surface area contributed by atoms with Gasteiger partial charge in [0.2, 0.25) is 0 Å². The summed E-state index contributed by atoms with van der Waals surface area (Å²) in [6.07, 6.45) is 7.92. The number of allylic oxidation sites excluding steroid dienone is 4. The van der Waals surface area contributed by atoms with E-state index in [-0.39, 0.29) is 54.2 Å². The topological polar surface area (TPSA) is 175 Å². The van der Waals surface area contributed by atoms with Crippen LogP contribution >= 0.6 is 7.82 Å². The van der Waals surface area contributed by atoms with Crippen molar-refractivity contribution in [1.29, 1.82) is 0 Å². The number of β-amino-alcohol motifs (C(OH)–C–C–N with tert-alkyl or cyclic N) is 1. The molecule has 1 aromatic carbocycles.